The number of thiophene rings is 1. The molecule has 146 valence electrons. The summed E-state index contributed by atoms with van der Waals surface area (Å²) in [5, 5.41) is 12.5. The number of aliphatic imine (C=N–C) groups is 1. The van der Waals surface area contributed by atoms with Crippen LogP contribution in [0.2, 0.25) is 0 Å². The molecule has 1 aromatic heterocycles. The number of aromatic hydroxyl groups is 1. The molecule has 0 radical (unpaired) electrons. The van der Waals surface area contributed by atoms with Crippen LogP contribution < -0.4 is 4.90 Å². The van der Waals surface area contributed by atoms with Crippen LogP contribution in [0.25, 0.3) is 0 Å². The summed E-state index contributed by atoms with van der Waals surface area (Å²) in [6, 6.07) is 10.4. The molecule has 2 heterocycles. The zero-order chi connectivity index (χ0) is 19.1. The minimum absolute atomic E-state index is 0.266. The lowest BCUT2D eigenvalue weighted by atomic mass is 10.1. The quantitative estimate of drug-likeness (QED) is 0.700. The van der Waals surface area contributed by atoms with Crippen LogP contribution in [0.1, 0.15) is 30.3 Å². The van der Waals surface area contributed by atoms with Gasteiger partial charge >= 0.3 is 0 Å². The maximum absolute atomic E-state index is 10.4. The fourth-order valence-electron chi connectivity index (χ4n) is 3.43. The Morgan fingerprint density at radius 3 is 2.67 bits per heavy atom. The minimum atomic E-state index is 0.266. The second-order valence-corrected chi connectivity index (χ2v) is 7.57. The van der Waals surface area contributed by atoms with Crippen LogP contribution in [0.4, 0.5) is 5.69 Å². The summed E-state index contributed by atoms with van der Waals surface area (Å²) in [5.74, 6) is 0.280. The first-order valence-electron chi connectivity index (χ1n) is 9.66. The maximum Gasteiger partial charge on any atom is 0.126 e. The number of phenolic OH excluding ortho intramolecular Hbond substituents is 1. The van der Waals surface area contributed by atoms with Crippen LogP contribution in [0.15, 0.2) is 40.7 Å². The fourth-order valence-corrected chi connectivity index (χ4v) is 4.29. The van der Waals surface area contributed by atoms with Gasteiger partial charge in [0, 0.05) is 54.6 Å². The van der Waals surface area contributed by atoms with Gasteiger partial charge in [0.05, 0.1) is 25.8 Å². The van der Waals surface area contributed by atoms with E-state index in [4.69, 9.17) is 4.74 Å². The first-order valence-corrected chi connectivity index (χ1v) is 10.5. The van der Waals surface area contributed by atoms with Crippen molar-refractivity contribution in [3.63, 3.8) is 0 Å². The number of ether oxygens (including phenoxy) is 1. The number of benzene rings is 1. The van der Waals surface area contributed by atoms with Crippen LogP contribution in [-0.4, -0.2) is 62.2 Å². The summed E-state index contributed by atoms with van der Waals surface area (Å²) < 4.78 is 5.49. The predicted molar refractivity (Wildman–Crippen MR) is 114 cm³/mol. The number of rotatable bonds is 8. The molecule has 1 saturated heterocycles. The number of hydrogen-bond donors (Lipinski definition) is 1. The van der Waals surface area contributed by atoms with Crippen molar-refractivity contribution >= 4 is 23.2 Å². The van der Waals surface area contributed by atoms with Crippen molar-refractivity contribution in [2.75, 3.05) is 50.8 Å². The average Bonchev–Trinajstić information content (AvgIpc) is 3.23. The Bertz CT molecular complexity index is 723. The lowest BCUT2D eigenvalue weighted by Crippen LogP contribution is -2.39. The van der Waals surface area contributed by atoms with Crippen molar-refractivity contribution in [3.05, 3.63) is 46.2 Å². The molecule has 0 bridgehead atoms. The summed E-state index contributed by atoms with van der Waals surface area (Å²) in [5.41, 5.74) is 1.80. The van der Waals surface area contributed by atoms with Gasteiger partial charge in [-0.15, -0.1) is 11.3 Å². The van der Waals surface area contributed by atoms with Crippen LogP contribution in [0, 0.1) is 0 Å². The topological polar surface area (TPSA) is 48.3 Å². The molecule has 27 heavy (non-hydrogen) atoms. The number of morpholine rings is 1. The first-order chi connectivity index (χ1) is 13.2. The Morgan fingerprint density at radius 2 is 2.04 bits per heavy atom. The third-order valence-electron chi connectivity index (χ3n) is 5.01. The molecule has 1 fully saturated rings. The van der Waals surface area contributed by atoms with Crippen LogP contribution in [-0.2, 0) is 4.74 Å². The fraction of sp³-hybridized carbons (Fsp3) is 0.476. The van der Waals surface area contributed by atoms with Crippen LogP contribution in [0.3, 0.4) is 0 Å². The Hall–Kier alpha value is -1.89. The molecule has 0 unspecified atom stereocenters. The third-order valence-corrected chi connectivity index (χ3v) is 5.98. The Balaban J connectivity index is 1.70. The maximum atomic E-state index is 10.4. The Kier molecular flexibility index (Phi) is 7.26. The monoisotopic (exact) mass is 387 g/mol. The molecular weight excluding hydrogens is 358 g/mol. The van der Waals surface area contributed by atoms with E-state index in [0.29, 0.717) is 6.54 Å². The van der Waals surface area contributed by atoms with Gasteiger partial charge in [0.2, 0.25) is 0 Å². The molecular formula is C21H29N3O2S. The number of anilines is 1. The van der Waals surface area contributed by atoms with Gasteiger partial charge in [-0.1, -0.05) is 6.07 Å². The minimum Gasteiger partial charge on any atom is -0.507 e. The van der Waals surface area contributed by atoms with E-state index >= 15 is 0 Å². The summed E-state index contributed by atoms with van der Waals surface area (Å²) in [4.78, 5) is 10.7. The third kappa shape index (κ3) is 5.09. The highest BCUT2D eigenvalue weighted by Gasteiger charge is 2.22. The number of hydrogen-bond acceptors (Lipinski definition) is 6. The highest BCUT2D eigenvalue weighted by molar-refractivity contribution is 7.10. The molecule has 0 saturated carbocycles. The molecule has 0 aliphatic carbocycles. The van der Waals surface area contributed by atoms with Gasteiger partial charge in [-0.25, -0.2) is 0 Å². The summed E-state index contributed by atoms with van der Waals surface area (Å²) in [6.45, 7) is 10.2. The van der Waals surface area contributed by atoms with Gasteiger partial charge in [0.1, 0.15) is 5.75 Å². The van der Waals surface area contributed by atoms with Gasteiger partial charge in [0.25, 0.3) is 0 Å². The lowest BCUT2D eigenvalue weighted by Gasteiger charge is -2.33. The van der Waals surface area contributed by atoms with Crippen molar-refractivity contribution in [2.24, 2.45) is 4.99 Å². The van der Waals surface area contributed by atoms with Crippen LogP contribution in [0.5, 0.6) is 5.75 Å². The largest absolute Gasteiger partial charge is 0.507 e. The van der Waals surface area contributed by atoms with Gasteiger partial charge in [-0.05, 0) is 37.4 Å². The zero-order valence-corrected chi connectivity index (χ0v) is 17.0. The zero-order valence-electron chi connectivity index (χ0n) is 16.2. The normalized spacial score (nSPS) is 16.7. The smallest absolute Gasteiger partial charge is 0.126 e. The van der Waals surface area contributed by atoms with E-state index in [9.17, 15) is 5.11 Å². The van der Waals surface area contributed by atoms with Crippen molar-refractivity contribution < 1.29 is 9.84 Å². The van der Waals surface area contributed by atoms with Gasteiger partial charge in [0.15, 0.2) is 0 Å². The Morgan fingerprint density at radius 1 is 1.26 bits per heavy atom. The van der Waals surface area contributed by atoms with Crippen molar-refractivity contribution in [3.8, 4) is 5.75 Å². The van der Waals surface area contributed by atoms with Crippen molar-refractivity contribution in [1.29, 1.82) is 0 Å². The summed E-state index contributed by atoms with van der Waals surface area (Å²) in [6.07, 6.45) is 1.79. The first kappa shape index (κ1) is 19.9. The second-order valence-electron chi connectivity index (χ2n) is 6.59. The molecule has 2 aromatic rings. The SMILES string of the molecule is CCN(CC)c1ccc(C=NC[C@@H](c2cccs2)N2CCOCC2)c(O)c1. The van der Waals surface area contributed by atoms with Gasteiger partial charge < -0.3 is 14.7 Å². The Labute approximate surface area is 165 Å². The van der Waals surface area contributed by atoms with E-state index in [1.54, 1.807) is 17.6 Å². The molecule has 1 atom stereocenters. The van der Waals surface area contributed by atoms with Gasteiger partial charge in [-0.2, -0.15) is 0 Å². The van der Waals surface area contributed by atoms with Crippen LogP contribution >= 0.6 is 11.3 Å². The summed E-state index contributed by atoms with van der Waals surface area (Å²) in [7, 11) is 0. The van der Waals surface area contributed by atoms with E-state index in [-0.39, 0.29) is 11.8 Å². The molecule has 6 heteroatoms. The molecule has 1 aromatic carbocycles. The van der Waals surface area contributed by atoms with E-state index < -0.39 is 0 Å². The highest BCUT2D eigenvalue weighted by atomic mass is 32.1. The lowest BCUT2D eigenvalue weighted by molar-refractivity contribution is 0.0187. The molecule has 1 aliphatic heterocycles. The van der Waals surface area contributed by atoms with E-state index in [1.165, 1.54) is 4.88 Å². The molecule has 0 spiro atoms. The highest BCUT2D eigenvalue weighted by Crippen LogP contribution is 2.27. The van der Waals surface area contributed by atoms with Gasteiger partial charge in [-0.3, -0.25) is 9.89 Å². The van der Waals surface area contributed by atoms with E-state index in [0.717, 1.165) is 50.6 Å². The van der Waals surface area contributed by atoms with E-state index in [2.05, 4.69) is 46.2 Å². The van der Waals surface area contributed by atoms with Crippen molar-refractivity contribution in [1.82, 2.24) is 4.90 Å². The second kappa shape index (κ2) is 9.88. The van der Waals surface area contributed by atoms with E-state index in [1.807, 2.05) is 18.2 Å². The average molecular weight is 388 g/mol. The number of phenols is 1. The van der Waals surface area contributed by atoms with Crippen molar-refractivity contribution in [2.45, 2.75) is 19.9 Å². The molecule has 0 amide bonds. The standard InChI is InChI=1S/C21H29N3O2S/c1-3-23(4-2)18-8-7-17(20(25)14-18)15-22-16-19(21-6-5-13-27-21)24-9-11-26-12-10-24/h5-8,13-15,19,25H,3-4,9-12,16H2,1-2H3/t19-/m0/s1. The molecule has 5 nitrogen and oxygen atoms in total. The molecule has 3 rings (SSSR count). The predicted octanol–water partition coefficient (Wildman–Crippen LogP) is 3.79. The number of nitrogens with zero attached hydrogens (tertiary/aromatic N) is 3. The summed E-state index contributed by atoms with van der Waals surface area (Å²) >= 11 is 1.77. The molecule has 1 aliphatic rings. The molecule has 1 N–H and O–H groups in total.